The molecule has 0 spiro atoms. The first-order chi connectivity index (χ1) is 14.3. The highest BCUT2D eigenvalue weighted by Gasteiger charge is 2.52. The van der Waals surface area contributed by atoms with Gasteiger partial charge in [0.25, 0.3) is 5.56 Å². The molecule has 2 radical (unpaired) electrons. The van der Waals surface area contributed by atoms with Crippen LogP contribution in [0.3, 0.4) is 0 Å². The van der Waals surface area contributed by atoms with Gasteiger partial charge in [0.2, 0.25) is 0 Å². The first-order valence-electron chi connectivity index (χ1n) is 9.89. The van der Waals surface area contributed by atoms with Gasteiger partial charge >= 0.3 is 21.1 Å². The van der Waals surface area contributed by atoms with Crippen molar-refractivity contribution in [3.8, 4) is 0 Å². The Morgan fingerprint density at radius 2 is 1.81 bits per heavy atom. The van der Waals surface area contributed by atoms with E-state index < -0.39 is 51.9 Å². The molecule has 0 amide bonds. The molecule has 13 heteroatoms. The third-order valence-corrected chi connectivity index (χ3v) is 11.8. The van der Waals surface area contributed by atoms with Crippen LogP contribution in [-0.2, 0) is 27.5 Å². The highest BCUT2D eigenvalue weighted by molar-refractivity contribution is 7.85. The maximum atomic E-state index is 12.4. The van der Waals surface area contributed by atoms with Crippen molar-refractivity contribution in [2.24, 2.45) is 0 Å². The number of aromatic nitrogens is 2. The first-order valence-corrected chi connectivity index (χ1v) is 14.4. The standard InChI is InChI=1S/C18H33BN2O8PSi/c1-18(2,3)31(7,8)29-14-12(11-27-30(19,25-5)26-6)28-16(15(14)24-4)21-10-9-13(22)20-17(21)23/h9-10,12,14-16H,11H2,1-8H3,(H,20,22,23)/q+1/t12-,14?,15+,16-/m1/s1. The van der Waals surface area contributed by atoms with E-state index in [4.69, 9.17) is 35.0 Å². The van der Waals surface area contributed by atoms with Crippen molar-refractivity contribution >= 4 is 23.7 Å². The Bertz CT molecular complexity index is 854. The zero-order chi connectivity index (χ0) is 23.6. The molecule has 4 atom stereocenters. The monoisotopic (exact) mass is 475 g/mol. The van der Waals surface area contributed by atoms with Gasteiger partial charge in [0.1, 0.15) is 24.9 Å². The molecule has 0 saturated carbocycles. The lowest BCUT2D eigenvalue weighted by Gasteiger charge is -2.40. The molecule has 1 aromatic heterocycles. The van der Waals surface area contributed by atoms with Gasteiger partial charge in [0.05, 0.1) is 14.2 Å². The average Bonchev–Trinajstić information content (AvgIpc) is 3.01. The van der Waals surface area contributed by atoms with E-state index in [1.807, 2.05) is 0 Å². The number of hydrogen-bond donors (Lipinski definition) is 1. The van der Waals surface area contributed by atoms with Crippen LogP contribution in [0.25, 0.3) is 0 Å². The maximum Gasteiger partial charge on any atom is 0.488 e. The average molecular weight is 475 g/mol. The summed E-state index contributed by atoms with van der Waals surface area (Å²) >= 11 is 0. The molecule has 31 heavy (non-hydrogen) atoms. The van der Waals surface area contributed by atoms with Crippen LogP contribution in [0.2, 0.25) is 18.1 Å². The van der Waals surface area contributed by atoms with E-state index in [-0.39, 0.29) is 11.6 Å². The lowest BCUT2D eigenvalue weighted by atomic mass is 10.1. The second kappa shape index (κ2) is 9.96. The summed E-state index contributed by atoms with van der Waals surface area (Å²) in [4.78, 5) is 26.1. The highest BCUT2D eigenvalue weighted by atomic mass is 31.2. The minimum absolute atomic E-state index is 0.000287. The Labute approximate surface area is 185 Å². The number of nitrogens with one attached hydrogen (secondary N) is 1. The molecule has 2 rings (SSSR count). The molecule has 1 fully saturated rings. The van der Waals surface area contributed by atoms with Crippen molar-refractivity contribution < 1.29 is 27.5 Å². The Kier molecular flexibility index (Phi) is 8.49. The van der Waals surface area contributed by atoms with Crippen LogP contribution in [-0.4, -0.2) is 71.7 Å². The molecular formula is C18H33BN2O8PSi+. The molecule has 0 aromatic carbocycles. The number of nitrogens with zero attached hydrogens (tertiary/aromatic N) is 1. The number of ether oxygens (including phenoxy) is 2. The van der Waals surface area contributed by atoms with Gasteiger partial charge in [-0.05, 0) is 18.1 Å². The fraction of sp³-hybridized carbons (Fsp3) is 0.778. The molecule has 1 aliphatic rings. The highest BCUT2D eigenvalue weighted by Crippen LogP contribution is 2.56. The summed E-state index contributed by atoms with van der Waals surface area (Å²) in [7, 11) is 5.05. The van der Waals surface area contributed by atoms with Gasteiger partial charge in [-0.1, -0.05) is 20.8 Å². The van der Waals surface area contributed by atoms with Gasteiger partial charge in [-0.2, -0.15) is 13.6 Å². The molecule has 0 bridgehead atoms. The van der Waals surface area contributed by atoms with Crippen molar-refractivity contribution in [3.05, 3.63) is 33.1 Å². The number of methoxy groups -OCH3 is 1. The molecule has 1 unspecified atom stereocenters. The molecule has 1 aliphatic heterocycles. The summed E-state index contributed by atoms with van der Waals surface area (Å²) in [5, 5.41) is -0.0761. The minimum Gasteiger partial charge on any atom is -0.408 e. The topological polar surface area (TPSA) is 110 Å². The lowest BCUT2D eigenvalue weighted by molar-refractivity contribution is -0.0616. The van der Waals surface area contributed by atoms with Crippen molar-refractivity contribution in [3.63, 3.8) is 0 Å². The van der Waals surface area contributed by atoms with E-state index >= 15 is 0 Å². The second-order valence-electron chi connectivity index (χ2n) is 8.83. The molecule has 0 aliphatic carbocycles. The summed E-state index contributed by atoms with van der Waals surface area (Å²) in [5.74, 6) is 0. The normalized spacial score (nSPS) is 25.2. The lowest BCUT2D eigenvalue weighted by Crippen LogP contribution is -2.50. The molecule has 1 saturated heterocycles. The Hall–Kier alpha value is -0.848. The molecule has 1 N–H and O–H groups in total. The zero-order valence-corrected chi connectivity index (χ0v) is 21.3. The predicted molar refractivity (Wildman–Crippen MR) is 121 cm³/mol. The van der Waals surface area contributed by atoms with Crippen LogP contribution in [0.15, 0.2) is 21.9 Å². The van der Waals surface area contributed by atoms with E-state index in [2.05, 4.69) is 38.8 Å². The van der Waals surface area contributed by atoms with Crippen molar-refractivity contribution in [1.29, 1.82) is 0 Å². The third kappa shape index (κ3) is 5.94. The second-order valence-corrected chi connectivity index (χ2v) is 15.7. The molecule has 2 heterocycles. The summed E-state index contributed by atoms with van der Waals surface area (Å²) in [6, 6.07) is 1.25. The van der Waals surface area contributed by atoms with Gasteiger partial charge in [0.15, 0.2) is 14.5 Å². The van der Waals surface area contributed by atoms with Crippen molar-refractivity contribution in [2.45, 2.75) is 63.4 Å². The van der Waals surface area contributed by atoms with Crippen molar-refractivity contribution in [2.75, 3.05) is 27.9 Å². The number of rotatable bonds is 9. The Morgan fingerprint density at radius 1 is 1.19 bits per heavy atom. The summed E-state index contributed by atoms with van der Waals surface area (Å²) in [6.07, 6.45) is -1.29. The fourth-order valence-corrected chi connectivity index (χ4v) is 5.00. The quantitative estimate of drug-likeness (QED) is 0.427. The number of H-pyrrole nitrogens is 1. The Balaban J connectivity index is 2.41. The Morgan fingerprint density at radius 3 is 2.29 bits per heavy atom. The molecule has 174 valence electrons. The van der Waals surface area contributed by atoms with E-state index in [1.165, 1.54) is 38.2 Å². The van der Waals surface area contributed by atoms with Gasteiger partial charge < -0.3 is 13.9 Å². The van der Waals surface area contributed by atoms with E-state index in [0.29, 0.717) is 0 Å². The van der Waals surface area contributed by atoms with Crippen LogP contribution < -0.4 is 11.2 Å². The predicted octanol–water partition coefficient (Wildman–Crippen LogP) is 1.99. The summed E-state index contributed by atoms with van der Waals surface area (Å²) in [6.45, 7) is 10.6. The van der Waals surface area contributed by atoms with Crippen LogP contribution in [0.4, 0.5) is 0 Å². The summed E-state index contributed by atoms with van der Waals surface area (Å²) in [5.41, 5.74) is -1.11. The van der Waals surface area contributed by atoms with Gasteiger partial charge in [-0.3, -0.25) is 14.3 Å². The van der Waals surface area contributed by atoms with Crippen LogP contribution in [0, 0.1) is 0 Å². The van der Waals surface area contributed by atoms with E-state index in [9.17, 15) is 9.59 Å². The molecule has 1 aromatic rings. The van der Waals surface area contributed by atoms with Gasteiger partial charge in [-0.25, -0.2) is 4.79 Å². The largest absolute Gasteiger partial charge is 0.488 e. The van der Waals surface area contributed by atoms with Gasteiger partial charge in [-0.15, -0.1) is 0 Å². The molecule has 10 nitrogen and oxygen atoms in total. The third-order valence-electron chi connectivity index (χ3n) is 5.85. The molecular weight excluding hydrogens is 442 g/mol. The van der Waals surface area contributed by atoms with Crippen LogP contribution in [0.5, 0.6) is 0 Å². The first kappa shape index (κ1) is 26.4. The van der Waals surface area contributed by atoms with Crippen LogP contribution in [0.1, 0.15) is 27.0 Å². The number of hydrogen-bond acceptors (Lipinski definition) is 8. The van der Waals surface area contributed by atoms with E-state index in [0.717, 1.165) is 0 Å². The maximum absolute atomic E-state index is 12.4. The van der Waals surface area contributed by atoms with Crippen LogP contribution >= 0.6 is 7.82 Å². The number of aromatic amines is 1. The minimum atomic E-state index is -3.01. The van der Waals surface area contributed by atoms with Crippen molar-refractivity contribution in [1.82, 2.24) is 9.55 Å². The SMILES string of the molecule is [B][P+](OC)(OC)OC[C@H]1O[C@@H](n2ccc(=O)[nH]c2=O)[C@@H](OC)C1O[Si](C)(C)C(C)(C)C. The van der Waals surface area contributed by atoms with Gasteiger partial charge in [0, 0.05) is 19.4 Å². The summed E-state index contributed by atoms with van der Waals surface area (Å²) < 4.78 is 35.9. The smallest absolute Gasteiger partial charge is 0.408 e. The van der Waals surface area contributed by atoms with E-state index in [1.54, 1.807) is 0 Å². The fourth-order valence-electron chi connectivity index (χ4n) is 2.96. The zero-order valence-electron chi connectivity index (χ0n) is 19.4.